The summed E-state index contributed by atoms with van der Waals surface area (Å²) in [7, 11) is 0. The molecule has 0 aromatic carbocycles. The quantitative estimate of drug-likeness (QED) is 0.412. The van der Waals surface area contributed by atoms with Crippen LogP contribution in [0.3, 0.4) is 0 Å². The molecule has 6 atom stereocenters. The van der Waals surface area contributed by atoms with Gasteiger partial charge in [-0.3, -0.25) is 4.79 Å². The van der Waals surface area contributed by atoms with Crippen molar-refractivity contribution in [3.05, 3.63) is 11.1 Å². The number of fused-ring (bicyclic) bond motifs is 4. The molecule has 0 spiro atoms. The van der Waals surface area contributed by atoms with Gasteiger partial charge in [-0.25, -0.2) is 0 Å². The predicted molar refractivity (Wildman–Crippen MR) is 99.0 cm³/mol. The van der Waals surface area contributed by atoms with E-state index >= 15 is 0 Å². The van der Waals surface area contributed by atoms with Gasteiger partial charge in [-0.2, -0.15) is 0 Å². The van der Waals surface area contributed by atoms with Crippen molar-refractivity contribution in [2.24, 2.45) is 29.1 Å². The Labute approximate surface area is 175 Å². The van der Waals surface area contributed by atoms with Crippen molar-refractivity contribution in [3.63, 3.8) is 0 Å². The monoisotopic (exact) mass is 354 g/mol. The molecule has 4 aliphatic rings. The van der Waals surface area contributed by atoms with Crippen molar-refractivity contribution in [3.8, 4) is 12.3 Å². The molecule has 2 saturated carbocycles. The molecule has 0 aromatic heterocycles. The molecule has 2 nitrogen and oxygen atoms in total. The standard InChI is InChI=1S/C21H28O2.Ca.2H/c1-4-21(23)10-8-18-19-13(2)11-14-12-15(22)5-6-16(14)17(19)7-9-20(18,21)3;;;/h1,13,17-19,23H,5-12H2,2-3H3;;;/t13-,17-,18+,19-,20+,21+;;;/m1.../s1. The van der Waals surface area contributed by atoms with Crippen molar-refractivity contribution < 1.29 is 9.90 Å². The van der Waals surface area contributed by atoms with Gasteiger partial charge in [0.15, 0.2) is 0 Å². The van der Waals surface area contributed by atoms with Gasteiger partial charge in [-0.05, 0) is 62.2 Å². The topological polar surface area (TPSA) is 37.3 Å². The van der Waals surface area contributed by atoms with Crippen molar-refractivity contribution in [1.29, 1.82) is 0 Å². The van der Waals surface area contributed by atoms with Gasteiger partial charge in [-0.15, -0.1) is 6.42 Å². The van der Waals surface area contributed by atoms with Gasteiger partial charge in [0.25, 0.3) is 0 Å². The first-order chi connectivity index (χ1) is 10.9. The number of ketones is 1. The maximum atomic E-state index is 11.9. The molecule has 128 valence electrons. The fraction of sp³-hybridized carbons (Fsp3) is 0.762. The number of rotatable bonds is 0. The van der Waals surface area contributed by atoms with Gasteiger partial charge < -0.3 is 5.11 Å². The SMILES string of the molecule is C#C[C@]1(O)CC[C@H]2[C@@H]3[C@H](C)CC4=C(CCC(=O)C4)[C@H]3CC[C@@]21C.[CaH2]. The number of allylic oxidation sites excluding steroid dienone is 2. The van der Waals surface area contributed by atoms with Crippen molar-refractivity contribution >= 4 is 43.5 Å². The van der Waals surface area contributed by atoms with Crippen LogP contribution in [0, 0.1) is 41.4 Å². The van der Waals surface area contributed by atoms with Crippen molar-refractivity contribution in [2.75, 3.05) is 0 Å². The fourth-order valence-electron chi connectivity index (χ4n) is 6.72. The number of Topliss-reactive ketones (excluding diaryl/α,β-unsaturated/α-hetero) is 1. The Morgan fingerprint density at radius 1 is 1.25 bits per heavy atom. The first-order valence-corrected chi connectivity index (χ1v) is 9.32. The summed E-state index contributed by atoms with van der Waals surface area (Å²) in [6.07, 6.45) is 13.2. The summed E-state index contributed by atoms with van der Waals surface area (Å²) in [5.74, 6) is 5.60. The van der Waals surface area contributed by atoms with Crippen LogP contribution in [0.2, 0.25) is 0 Å². The van der Waals surface area contributed by atoms with E-state index in [2.05, 4.69) is 19.8 Å². The summed E-state index contributed by atoms with van der Waals surface area (Å²) in [6.45, 7) is 4.60. The van der Waals surface area contributed by atoms with Gasteiger partial charge in [-0.1, -0.05) is 30.9 Å². The van der Waals surface area contributed by atoms with Crippen LogP contribution in [0.25, 0.3) is 0 Å². The molecule has 4 aliphatic carbocycles. The first-order valence-electron chi connectivity index (χ1n) is 9.32. The van der Waals surface area contributed by atoms with Crippen LogP contribution in [0.5, 0.6) is 0 Å². The van der Waals surface area contributed by atoms with Crippen molar-refractivity contribution in [2.45, 2.75) is 70.8 Å². The van der Waals surface area contributed by atoms with Crippen LogP contribution in [0.4, 0.5) is 0 Å². The van der Waals surface area contributed by atoms with E-state index in [9.17, 15) is 9.90 Å². The van der Waals surface area contributed by atoms with Gasteiger partial charge in [0.1, 0.15) is 11.4 Å². The van der Waals surface area contributed by atoms with E-state index in [-0.39, 0.29) is 43.2 Å². The average Bonchev–Trinajstić information content (AvgIpc) is 2.79. The Hall–Kier alpha value is 0.190. The molecule has 0 unspecified atom stereocenters. The predicted octanol–water partition coefficient (Wildman–Crippen LogP) is 2.97. The van der Waals surface area contributed by atoms with Crippen LogP contribution in [-0.2, 0) is 4.79 Å². The Balaban J connectivity index is 0.00000169. The van der Waals surface area contributed by atoms with Crippen LogP contribution in [-0.4, -0.2) is 54.2 Å². The molecule has 2 fully saturated rings. The normalized spacial score (nSPS) is 47.2. The zero-order valence-corrected chi connectivity index (χ0v) is 14.4. The molecule has 3 heteroatoms. The van der Waals surface area contributed by atoms with Gasteiger partial charge in [0.05, 0.1) is 0 Å². The summed E-state index contributed by atoms with van der Waals surface area (Å²) in [6, 6.07) is 0. The second-order valence-corrected chi connectivity index (χ2v) is 8.82. The molecule has 1 N–H and O–H groups in total. The van der Waals surface area contributed by atoms with E-state index < -0.39 is 5.60 Å². The number of carbonyl (C=O) groups excluding carboxylic acids is 1. The Kier molecular flexibility index (Phi) is 5.07. The molecule has 0 aliphatic heterocycles. The Morgan fingerprint density at radius 2 is 2.00 bits per heavy atom. The van der Waals surface area contributed by atoms with E-state index in [1.54, 1.807) is 5.57 Å². The molecule has 0 heterocycles. The number of hydrogen-bond acceptors (Lipinski definition) is 2. The summed E-state index contributed by atoms with van der Waals surface area (Å²) < 4.78 is 0. The van der Waals surface area contributed by atoms with Crippen LogP contribution >= 0.6 is 0 Å². The molecule has 24 heavy (non-hydrogen) atoms. The summed E-state index contributed by atoms with van der Waals surface area (Å²) in [5.41, 5.74) is 2.04. The second-order valence-electron chi connectivity index (χ2n) is 8.82. The summed E-state index contributed by atoms with van der Waals surface area (Å²) in [4.78, 5) is 11.9. The second kappa shape index (κ2) is 6.41. The van der Waals surface area contributed by atoms with Gasteiger partial charge in [0, 0.05) is 18.3 Å². The van der Waals surface area contributed by atoms with E-state index in [1.807, 2.05) is 0 Å². The molecule has 0 aromatic rings. The van der Waals surface area contributed by atoms with E-state index in [0.717, 1.165) is 44.9 Å². The van der Waals surface area contributed by atoms with Gasteiger partial charge >= 0.3 is 37.7 Å². The Bertz CT molecular complexity index is 630. The number of aliphatic hydroxyl groups is 1. The van der Waals surface area contributed by atoms with Crippen LogP contribution < -0.4 is 0 Å². The zero-order chi connectivity index (χ0) is 16.4. The molecule has 0 radical (unpaired) electrons. The molecular formula is C21H30CaO2. The zero-order valence-electron chi connectivity index (χ0n) is 14.4. The third-order valence-corrected chi connectivity index (χ3v) is 7.93. The van der Waals surface area contributed by atoms with Crippen LogP contribution in [0.1, 0.15) is 65.2 Å². The number of carbonyl (C=O) groups is 1. The van der Waals surface area contributed by atoms with Gasteiger partial charge in [0.2, 0.25) is 0 Å². The minimum absolute atomic E-state index is 0. The molecule has 0 bridgehead atoms. The summed E-state index contributed by atoms with van der Waals surface area (Å²) >= 11 is 0. The average molecular weight is 355 g/mol. The summed E-state index contributed by atoms with van der Waals surface area (Å²) in [5, 5.41) is 11.0. The molecule has 4 rings (SSSR count). The maximum absolute atomic E-state index is 11.9. The number of terminal acetylenes is 1. The molecule has 0 amide bonds. The van der Waals surface area contributed by atoms with E-state index in [1.165, 1.54) is 5.57 Å². The number of hydrogen-bond donors (Lipinski definition) is 1. The molecule has 0 saturated heterocycles. The first kappa shape index (κ1) is 19.0. The molecular weight excluding hydrogens is 324 g/mol. The van der Waals surface area contributed by atoms with Crippen LogP contribution in [0.15, 0.2) is 11.1 Å². The van der Waals surface area contributed by atoms with E-state index in [0.29, 0.717) is 35.9 Å². The minimum atomic E-state index is -0.917. The fourth-order valence-corrected chi connectivity index (χ4v) is 6.72. The third-order valence-electron chi connectivity index (χ3n) is 7.93. The third kappa shape index (κ3) is 2.50. The Morgan fingerprint density at radius 3 is 2.71 bits per heavy atom. The van der Waals surface area contributed by atoms with Crippen molar-refractivity contribution in [1.82, 2.24) is 0 Å². The van der Waals surface area contributed by atoms with E-state index in [4.69, 9.17) is 6.42 Å².